The number of benzene rings is 1. The zero-order valence-electron chi connectivity index (χ0n) is 13.6. The molecule has 2 rings (SSSR count). The minimum absolute atomic E-state index is 0.105. The van der Waals surface area contributed by atoms with E-state index in [1.54, 1.807) is 42.2 Å². The number of amides is 1. The topological polar surface area (TPSA) is 84.3 Å². The molecular formula is C15H20N4O3S. The first kappa shape index (κ1) is 17.2. The van der Waals surface area contributed by atoms with Crippen LogP contribution in [0.2, 0.25) is 0 Å². The van der Waals surface area contributed by atoms with E-state index in [9.17, 15) is 13.2 Å². The second kappa shape index (κ2) is 6.51. The quantitative estimate of drug-likeness (QED) is 0.885. The summed E-state index contributed by atoms with van der Waals surface area (Å²) in [5.41, 5.74) is 2.27. The number of aromatic nitrogens is 2. The van der Waals surface area contributed by atoms with E-state index in [1.807, 2.05) is 0 Å². The summed E-state index contributed by atoms with van der Waals surface area (Å²) < 4.78 is 27.3. The average Bonchev–Trinajstić information content (AvgIpc) is 2.93. The second-order valence-corrected chi connectivity index (χ2v) is 7.56. The van der Waals surface area contributed by atoms with Crippen molar-refractivity contribution in [1.29, 1.82) is 0 Å². The van der Waals surface area contributed by atoms with Crippen LogP contribution in [0.3, 0.4) is 0 Å². The van der Waals surface area contributed by atoms with Gasteiger partial charge in [0.25, 0.3) is 0 Å². The molecule has 7 nitrogen and oxygen atoms in total. The molecule has 2 aromatic rings. The van der Waals surface area contributed by atoms with Crippen molar-refractivity contribution >= 4 is 15.9 Å². The number of rotatable bonds is 5. The van der Waals surface area contributed by atoms with E-state index in [0.29, 0.717) is 12.1 Å². The van der Waals surface area contributed by atoms with E-state index < -0.39 is 10.0 Å². The molecule has 0 spiro atoms. The first-order valence-corrected chi connectivity index (χ1v) is 8.47. The van der Waals surface area contributed by atoms with Crippen molar-refractivity contribution in [2.45, 2.75) is 25.3 Å². The third kappa shape index (κ3) is 3.77. The van der Waals surface area contributed by atoms with Crippen molar-refractivity contribution in [2.24, 2.45) is 0 Å². The summed E-state index contributed by atoms with van der Waals surface area (Å²) in [7, 11) is -0.454. The summed E-state index contributed by atoms with van der Waals surface area (Å²) in [5, 5.41) is 6.94. The van der Waals surface area contributed by atoms with Gasteiger partial charge < -0.3 is 5.32 Å². The van der Waals surface area contributed by atoms with Gasteiger partial charge in [0.05, 0.1) is 16.8 Å². The fourth-order valence-corrected chi connectivity index (χ4v) is 3.18. The smallest absolute Gasteiger partial charge is 0.242 e. The molecule has 0 unspecified atom stereocenters. The Balaban J connectivity index is 2.29. The first-order chi connectivity index (χ1) is 10.7. The van der Waals surface area contributed by atoms with Gasteiger partial charge in [0, 0.05) is 39.3 Å². The zero-order chi connectivity index (χ0) is 17.2. The van der Waals surface area contributed by atoms with E-state index in [2.05, 4.69) is 10.4 Å². The van der Waals surface area contributed by atoms with Gasteiger partial charge in [-0.15, -0.1) is 0 Å². The molecular weight excluding hydrogens is 316 g/mol. The van der Waals surface area contributed by atoms with Crippen LogP contribution in [0.25, 0.3) is 5.69 Å². The Hall–Kier alpha value is -2.19. The maximum atomic E-state index is 12.2. The Morgan fingerprint density at radius 2 is 2.04 bits per heavy atom. The Morgan fingerprint density at radius 1 is 1.35 bits per heavy atom. The van der Waals surface area contributed by atoms with Gasteiger partial charge in [0.15, 0.2) is 0 Å². The fraction of sp³-hybridized carbons (Fsp3) is 0.333. The highest BCUT2D eigenvalue weighted by molar-refractivity contribution is 7.89. The molecule has 0 aliphatic heterocycles. The van der Waals surface area contributed by atoms with Crippen molar-refractivity contribution in [3.8, 4) is 5.69 Å². The molecule has 0 atom stereocenters. The number of nitrogens with zero attached hydrogens (tertiary/aromatic N) is 3. The lowest BCUT2D eigenvalue weighted by molar-refractivity contribution is -0.119. The van der Waals surface area contributed by atoms with E-state index in [0.717, 1.165) is 11.3 Å². The molecule has 23 heavy (non-hydrogen) atoms. The normalized spacial score (nSPS) is 11.7. The minimum atomic E-state index is -3.46. The van der Waals surface area contributed by atoms with Crippen LogP contribution < -0.4 is 5.32 Å². The lowest BCUT2D eigenvalue weighted by Crippen LogP contribution is -2.23. The lowest BCUT2D eigenvalue weighted by Gasteiger charge is -2.14. The third-order valence-corrected chi connectivity index (χ3v) is 5.33. The highest BCUT2D eigenvalue weighted by Gasteiger charge is 2.19. The maximum absolute atomic E-state index is 12.2. The summed E-state index contributed by atoms with van der Waals surface area (Å²) in [6, 6.07) is 5.05. The van der Waals surface area contributed by atoms with Crippen LogP contribution in [-0.2, 0) is 21.4 Å². The van der Waals surface area contributed by atoms with Crippen LogP contribution in [0.5, 0.6) is 0 Å². The van der Waals surface area contributed by atoms with Crippen LogP contribution in [0.1, 0.15) is 18.1 Å². The van der Waals surface area contributed by atoms with Crippen molar-refractivity contribution in [1.82, 2.24) is 19.4 Å². The fourth-order valence-electron chi connectivity index (χ4n) is 2.08. The predicted molar refractivity (Wildman–Crippen MR) is 86.7 cm³/mol. The second-order valence-electron chi connectivity index (χ2n) is 5.44. The minimum Gasteiger partial charge on any atom is -0.352 e. The van der Waals surface area contributed by atoms with Crippen LogP contribution in [0.4, 0.5) is 0 Å². The Morgan fingerprint density at radius 3 is 2.61 bits per heavy atom. The third-order valence-electron chi connectivity index (χ3n) is 3.36. The van der Waals surface area contributed by atoms with Crippen LogP contribution in [0, 0.1) is 6.92 Å². The van der Waals surface area contributed by atoms with E-state index >= 15 is 0 Å². The lowest BCUT2D eigenvalue weighted by atomic mass is 10.2. The summed E-state index contributed by atoms with van der Waals surface area (Å²) in [4.78, 5) is 11.2. The van der Waals surface area contributed by atoms with E-state index in [4.69, 9.17) is 0 Å². The van der Waals surface area contributed by atoms with Crippen molar-refractivity contribution in [3.05, 3.63) is 41.7 Å². The first-order valence-electron chi connectivity index (χ1n) is 7.03. The maximum Gasteiger partial charge on any atom is 0.242 e. The molecule has 0 fully saturated rings. The molecule has 0 aliphatic carbocycles. The molecule has 0 radical (unpaired) electrons. The standard InChI is InChI=1S/C15H20N4O3S/c1-11-7-14(5-6-15(11)23(21,22)18(3)4)19-10-13(9-17-19)8-16-12(2)20/h5-7,9-10H,8H2,1-4H3,(H,16,20). The highest BCUT2D eigenvalue weighted by Crippen LogP contribution is 2.21. The zero-order valence-corrected chi connectivity index (χ0v) is 14.4. The predicted octanol–water partition coefficient (Wildman–Crippen LogP) is 1.07. The largest absolute Gasteiger partial charge is 0.352 e. The van der Waals surface area contributed by atoms with Crippen LogP contribution >= 0.6 is 0 Å². The Bertz CT molecular complexity index is 825. The van der Waals surface area contributed by atoms with Gasteiger partial charge in [0.1, 0.15) is 0 Å². The van der Waals surface area contributed by atoms with Crippen molar-refractivity contribution < 1.29 is 13.2 Å². The number of aryl methyl sites for hydroxylation is 1. The monoisotopic (exact) mass is 336 g/mol. The summed E-state index contributed by atoms with van der Waals surface area (Å²) in [6.45, 7) is 3.61. The molecule has 0 aliphatic rings. The van der Waals surface area contributed by atoms with E-state index in [1.165, 1.54) is 25.3 Å². The molecule has 0 bridgehead atoms. The number of sulfonamides is 1. The molecule has 1 amide bonds. The summed E-state index contributed by atoms with van der Waals surface area (Å²) in [6.07, 6.45) is 3.46. The van der Waals surface area contributed by atoms with Gasteiger partial charge >= 0.3 is 0 Å². The number of hydrogen-bond donors (Lipinski definition) is 1. The van der Waals surface area contributed by atoms with Crippen LogP contribution in [-0.4, -0.2) is 42.5 Å². The van der Waals surface area contributed by atoms with Gasteiger partial charge in [0.2, 0.25) is 15.9 Å². The van der Waals surface area contributed by atoms with Gasteiger partial charge in [-0.05, 0) is 30.7 Å². The number of carbonyl (C=O) groups is 1. The highest BCUT2D eigenvalue weighted by atomic mass is 32.2. The van der Waals surface area contributed by atoms with Gasteiger partial charge in [-0.2, -0.15) is 5.10 Å². The van der Waals surface area contributed by atoms with Gasteiger partial charge in [-0.3, -0.25) is 4.79 Å². The molecule has 1 N–H and O–H groups in total. The molecule has 124 valence electrons. The van der Waals surface area contributed by atoms with Gasteiger partial charge in [-0.1, -0.05) is 0 Å². The average molecular weight is 336 g/mol. The van der Waals surface area contributed by atoms with Crippen molar-refractivity contribution in [3.63, 3.8) is 0 Å². The van der Waals surface area contributed by atoms with Crippen molar-refractivity contribution in [2.75, 3.05) is 14.1 Å². The summed E-state index contributed by atoms with van der Waals surface area (Å²) in [5.74, 6) is -0.105. The Kier molecular flexibility index (Phi) is 4.86. The number of nitrogens with one attached hydrogen (secondary N) is 1. The molecule has 8 heteroatoms. The van der Waals surface area contributed by atoms with Gasteiger partial charge in [-0.25, -0.2) is 17.4 Å². The molecule has 1 aromatic heterocycles. The summed E-state index contributed by atoms with van der Waals surface area (Å²) >= 11 is 0. The molecule has 0 saturated heterocycles. The SMILES string of the molecule is CC(=O)NCc1cnn(-c2ccc(S(=O)(=O)N(C)C)c(C)c2)c1. The molecule has 1 heterocycles. The van der Waals surface area contributed by atoms with Crippen LogP contribution in [0.15, 0.2) is 35.5 Å². The number of hydrogen-bond acceptors (Lipinski definition) is 4. The molecule has 0 saturated carbocycles. The number of carbonyl (C=O) groups excluding carboxylic acids is 1. The Labute approximate surface area is 136 Å². The molecule has 1 aromatic carbocycles. The van der Waals surface area contributed by atoms with E-state index in [-0.39, 0.29) is 10.8 Å².